The number of thioether (sulfide) groups is 1. The van der Waals surface area contributed by atoms with Crippen LogP contribution in [0, 0.1) is 0 Å². The van der Waals surface area contributed by atoms with Gasteiger partial charge >= 0.3 is 0 Å². The third-order valence-electron chi connectivity index (χ3n) is 8.96. The van der Waals surface area contributed by atoms with Gasteiger partial charge in [-0.2, -0.15) is 0 Å². The topological polar surface area (TPSA) is 35.6 Å². The molecular formula is C35H26N4S. The van der Waals surface area contributed by atoms with Crippen LogP contribution < -0.4 is 0 Å². The minimum absolute atomic E-state index is 0.105. The Kier molecular flexibility index (Phi) is 4.41. The first kappa shape index (κ1) is 22.5. The Balaban J connectivity index is 1.22. The molecule has 0 fully saturated rings. The molecule has 6 heterocycles. The van der Waals surface area contributed by atoms with Crippen molar-refractivity contribution in [2.75, 3.05) is 0 Å². The molecule has 2 aliphatic heterocycles. The predicted molar refractivity (Wildman–Crippen MR) is 167 cm³/mol. The lowest BCUT2D eigenvalue weighted by atomic mass is 9.81. The van der Waals surface area contributed by atoms with Crippen LogP contribution in [0.2, 0.25) is 0 Å². The Morgan fingerprint density at radius 3 is 2.40 bits per heavy atom. The maximum absolute atomic E-state index is 4.68. The van der Waals surface area contributed by atoms with E-state index in [-0.39, 0.29) is 5.41 Å². The van der Waals surface area contributed by atoms with Crippen molar-refractivity contribution in [3.05, 3.63) is 120 Å². The maximum Gasteiger partial charge on any atom is 0.0610 e. The van der Waals surface area contributed by atoms with Gasteiger partial charge in [-0.1, -0.05) is 56.3 Å². The van der Waals surface area contributed by atoms with Gasteiger partial charge in [0.15, 0.2) is 0 Å². The summed E-state index contributed by atoms with van der Waals surface area (Å²) < 4.78 is 4.90. The highest BCUT2D eigenvalue weighted by Gasteiger charge is 2.43. The summed E-state index contributed by atoms with van der Waals surface area (Å²) in [6.45, 7) is 4.73. The molecule has 1 unspecified atom stereocenters. The Morgan fingerprint density at radius 1 is 0.725 bits per heavy atom. The van der Waals surface area contributed by atoms with Crippen LogP contribution in [-0.2, 0) is 5.41 Å². The van der Waals surface area contributed by atoms with E-state index in [0.717, 1.165) is 6.42 Å². The number of hydrogen-bond donors (Lipinski definition) is 0. The molecule has 0 N–H and O–H groups in total. The van der Waals surface area contributed by atoms with E-state index in [1.807, 2.05) is 30.4 Å². The molecule has 0 saturated heterocycles. The van der Waals surface area contributed by atoms with Crippen molar-refractivity contribution < 1.29 is 0 Å². The summed E-state index contributed by atoms with van der Waals surface area (Å²) in [6, 6.07) is 28.8. The van der Waals surface area contributed by atoms with Crippen LogP contribution in [0.1, 0.15) is 36.6 Å². The lowest BCUT2D eigenvalue weighted by molar-refractivity contribution is 0.649. The van der Waals surface area contributed by atoms with Crippen molar-refractivity contribution in [1.82, 2.24) is 19.1 Å². The molecule has 192 valence electrons. The van der Waals surface area contributed by atoms with Crippen LogP contribution in [0.25, 0.3) is 55.0 Å². The van der Waals surface area contributed by atoms with E-state index in [0.29, 0.717) is 5.25 Å². The molecule has 4 aromatic heterocycles. The standard InChI is InChI=1S/C35H26N4S/c1-35(2)27-20-37-19-26-25-18-36-15-14-30(25)39(33(26)27)31-17-32(40-34(31)35)21-12-13-29-24(16-21)23-10-6-7-11-28(23)38(29)22-8-4-3-5-9-22/h3-16,18-20,32H,17H2,1-2H3. The molecule has 9 rings (SSSR count). The highest BCUT2D eigenvalue weighted by molar-refractivity contribution is 8.03. The van der Waals surface area contributed by atoms with Crippen molar-refractivity contribution in [3.63, 3.8) is 0 Å². The molecule has 40 heavy (non-hydrogen) atoms. The summed E-state index contributed by atoms with van der Waals surface area (Å²) in [5, 5.41) is 5.34. The first-order chi connectivity index (χ1) is 19.6. The normalized spacial score (nSPS) is 17.9. The second-order valence-electron chi connectivity index (χ2n) is 11.5. The van der Waals surface area contributed by atoms with Crippen molar-refractivity contribution in [2.24, 2.45) is 0 Å². The zero-order valence-corrected chi connectivity index (χ0v) is 23.1. The number of fused-ring (bicyclic) bond motifs is 7. The van der Waals surface area contributed by atoms with E-state index >= 15 is 0 Å². The zero-order valence-electron chi connectivity index (χ0n) is 22.3. The quantitative estimate of drug-likeness (QED) is 0.222. The average Bonchev–Trinajstić information content (AvgIpc) is 3.68. The van der Waals surface area contributed by atoms with Crippen LogP contribution in [0.5, 0.6) is 0 Å². The number of nitrogens with zero attached hydrogens (tertiary/aromatic N) is 4. The number of benzene rings is 3. The second-order valence-corrected chi connectivity index (χ2v) is 12.7. The second kappa shape index (κ2) is 7.86. The molecular weight excluding hydrogens is 508 g/mol. The smallest absolute Gasteiger partial charge is 0.0610 e. The molecule has 2 aliphatic rings. The number of allylic oxidation sites excluding steroid dienone is 2. The van der Waals surface area contributed by atoms with Crippen LogP contribution in [0.3, 0.4) is 0 Å². The number of hydrogen-bond acceptors (Lipinski definition) is 3. The summed E-state index contributed by atoms with van der Waals surface area (Å²) in [5.41, 5.74) is 10.2. The first-order valence-corrected chi connectivity index (χ1v) is 14.7. The molecule has 5 heteroatoms. The van der Waals surface area contributed by atoms with Gasteiger partial charge in [-0.25, -0.2) is 0 Å². The van der Waals surface area contributed by atoms with E-state index in [1.54, 1.807) is 0 Å². The fourth-order valence-electron chi connectivity index (χ4n) is 7.11. The number of aromatic nitrogens is 4. The van der Waals surface area contributed by atoms with Crippen molar-refractivity contribution in [3.8, 4) is 5.69 Å². The van der Waals surface area contributed by atoms with E-state index < -0.39 is 0 Å². The van der Waals surface area contributed by atoms with Gasteiger partial charge in [0.25, 0.3) is 0 Å². The van der Waals surface area contributed by atoms with Gasteiger partial charge in [0.05, 0.1) is 22.1 Å². The zero-order chi connectivity index (χ0) is 26.6. The van der Waals surface area contributed by atoms with Crippen molar-refractivity contribution in [1.29, 1.82) is 0 Å². The van der Waals surface area contributed by atoms with Gasteiger partial charge in [-0.3, -0.25) is 9.97 Å². The molecule has 0 bridgehead atoms. The minimum Gasteiger partial charge on any atom is -0.312 e. The van der Waals surface area contributed by atoms with Gasteiger partial charge in [-0.15, -0.1) is 11.8 Å². The SMILES string of the molecule is CC1(C)C2=C(CC(c3ccc4c(c3)c3ccccc3n4-c3ccccc3)S2)n2c3ccncc3c3cncc1c32. The van der Waals surface area contributed by atoms with Gasteiger partial charge in [0.2, 0.25) is 0 Å². The molecule has 0 saturated carbocycles. The number of pyridine rings is 2. The molecule has 3 aromatic carbocycles. The van der Waals surface area contributed by atoms with E-state index in [1.165, 1.54) is 71.0 Å². The lowest BCUT2D eigenvalue weighted by Gasteiger charge is -2.33. The van der Waals surface area contributed by atoms with Gasteiger partial charge in [0.1, 0.15) is 0 Å². The Morgan fingerprint density at radius 2 is 1.50 bits per heavy atom. The summed E-state index contributed by atoms with van der Waals surface area (Å²) in [7, 11) is 0. The fourth-order valence-corrected chi connectivity index (χ4v) is 8.64. The summed E-state index contributed by atoms with van der Waals surface area (Å²) in [5.74, 6) is 0. The number of para-hydroxylation sites is 2. The summed E-state index contributed by atoms with van der Waals surface area (Å²) >= 11 is 2.04. The van der Waals surface area contributed by atoms with E-state index in [2.05, 4.69) is 118 Å². The Bertz CT molecular complexity index is 2200. The van der Waals surface area contributed by atoms with Crippen LogP contribution in [-0.4, -0.2) is 19.1 Å². The monoisotopic (exact) mass is 534 g/mol. The van der Waals surface area contributed by atoms with Crippen LogP contribution in [0.4, 0.5) is 0 Å². The van der Waals surface area contributed by atoms with Crippen LogP contribution >= 0.6 is 11.8 Å². The van der Waals surface area contributed by atoms with Crippen molar-refractivity contribution in [2.45, 2.75) is 30.9 Å². The number of rotatable bonds is 2. The highest BCUT2D eigenvalue weighted by atomic mass is 32.2. The van der Waals surface area contributed by atoms with E-state index in [9.17, 15) is 0 Å². The van der Waals surface area contributed by atoms with Crippen LogP contribution in [0.15, 0.2) is 109 Å². The third kappa shape index (κ3) is 2.83. The van der Waals surface area contributed by atoms with Gasteiger partial charge < -0.3 is 9.13 Å². The third-order valence-corrected chi connectivity index (χ3v) is 10.7. The average molecular weight is 535 g/mol. The van der Waals surface area contributed by atoms with Gasteiger partial charge in [0, 0.05) is 85.3 Å². The Labute approximate surface area is 236 Å². The summed E-state index contributed by atoms with van der Waals surface area (Å²) in [4.78, 5) is 10.6. The predicted octanol–water partition coefficient (Wildman–Crippen LogP) is 9.02. The van der Waals surface area contributed by atoms with E-state index in [4.69, 9.17) is 0 Å². The lowest BCUT2D eigenvalue weighted by Crippen LogP contribution is -2.24. The summed E-state index contributed by atoms with van der Waals surface area (Å²) in [6.07, 6.45) is 8.99. The van der Waals surface area contributed by atoms with Crippen molar-refractivity contribution >= 4 is 61.1 Å². The molecule has 4 nitrogen and oxygen atoms in total. The molecule has 1 atom stereocenters. The molecule has 0 amide bonds. The largest absolute Gasteiger partial charge is 0.312 e. The molecule has 0 radical (unpaired) electrons. The minimum atomic E-state index is -0.105. The molecule has 7 aromatic rings. The first-order valence-electron chi connectivity index (χ1n) is 13.8. The maximum atomic E-state index is 4.68. The van der Waals surface area contributed by atoms with Gasteiger partial charge in [-0.05, 0) is 42.0 Å². The molecule has 0 aliphatic carbocycles. The fraction of sp³-hybridized carbons (Fsp3) is 0.143. The Hall–Kier alpha value is -4.35. The highest BCUT2D eigenvalue weighted by Crippen LogP contribution is 2.60. The molecule has 0 spiro atoms.